The molecule has 3 aliphatic heterocycles. The number of rotatable bonds is 5. The van der Waals surface area contributed by atoms with Crippen molar-refractivity contribution in [1.29, 1.82) is 0 Å². The summed E-state index contributed by atoms with van der Waals surface area (Å²) < 4.78 is 0. The standard InChI is InChI=1S/C22H33N5O2/c1-16-18(24-19-5-6-21(28)25-22(19)29)3-2-4-20(16)27-11-7-17(8-12-27)15-26-13-9-23-10-14-26/h2-4,17,19,23-24H,5-15H2,1H3,(H,25,28,29). The molecule has 3 N–H and O–H groups in total. The highest BCUT2D eigenvalue weighted by atomic mass is 16.2. The average Bonchev–Trinajstić information content (AvgIpc) is 2.73. The van der Waals surface area contributed by atoms with E-state index in [9.17, 15) is 9.59 Å². The summed E-state index contributed by atoms with van der Waals surface area (Å²) in [5, 5.41) is 9.21. The fourth-order valence-electron chi connectivity index (χ4n) is 4.76. The highest BCUT2D eigenvalue weighted by Gasteiger charge is 2.28. The average molecular weight is 400 g/mol. The molecule has 3 heterocycles. The molecule has 0 radical (unpaired) electrons. The molecule has 3 saturated heterocycles. The van der Waals surface area contributed by atoms with Crippen LogP contribution in [0, 0.1) is 12.8 Å². The lowest BCUT2D eigenvalue weighted by Gasteiger charge is -2.38. The number of nitrogens with zero attached hydrogens (tertiary/aromatic N) is 2. The predicted octanol–water partition coefficient (Wildman–Crippen LogP) is 1.33. The van der Waals surface area contributed by atoms with Crippen LogP contribution in [0.2, 0.25) is 0 Å². The van der Waals surface area contributed by atoms with Gasteiger partial charge in [0.25, 0.3) is 0 Å². The summed E-state index contributed by atoms with van der Waals surface area (Å²) >= 11 is 0. The number of amides is 2. The van der Waals surface area contributed by atoms with E-state index in [-0.39, 0.29) is 17.9 Å². The number of carbonyl (C=O) groups excluding carboxylic acids is 2. The number of nitrogens with one attached hydrogen (secondary N) is 3. The molecule has 3 aliphatic rings. The fourth-order valence-corrected chi connectivity index (χ4v) is 4.76. The zero-order valence-corrected chi connectivity index (χ0v) is 17.4. The minimum atomic E-state index is -0.341. The van der Waals surface area contributed by atoms with Crippen LogP contribution >= 0.6 is 0 Å². The van der Waals surface area contributed by atoms with Crippen LogP contribution in [-0.2, 0) is 9.59 Å². The molecule has 0 bridgehead atoms. The molecule has 0 aromatic heterocycles. The van der Waals surface area contributed by atoms with Gasteiger partial charge in [0.1, 0.15) is 6.04 Å². The first-order valence-corrected chi connectivity index (χ1v) is 11.0. The molecule has 3 fully saturated rings. The van der Waals surface area contributed by atoms with Crippen LogP contribution in [0.5, 0.6) is 0 Å². The summed E-state index contributed by atoms with van der Waals surface area (Å²) in [6.07, 6.45) is 3.40. The van der Waals surface area contributed by atoms with Crippen LogP contribution in [0.25, 0.3) is 0 Å². The van der Waals surface area contributed by atoms with Gasteiger partial charge < -0.3 is 20.4 Å². The quantitative estimate of drug-likeness (QED) is 0.649. The number of anilines is 2. The van der Waals surface area contributed by atoms with Crippen LogP contribution < -0.4 is 20.9 Å². The first kappa shape index (κ1) is 20.2. The molecule has 158 valence electrons. The summed E-state index contributed by atoms with van der Waals surface area (Å²) in [7, 11) is 0. The maximum absolute atomic E-state index is 12.1. The second-order valence-corrected chi connectivity index (χ2v) is 8.58. The molecule has 2 amide bonds. The van der Waals surface area contributed by atoms with E-state index in [1.165, 1.54) is 43.7 Å². The van der Waals surface area contributed by atoms with Crippen molar-refractivity contribution in [2.75, 3.05) is 56.0 Å². The monoisotopic (exact) mass is 399 g/mol. The van der Waals surface area contributed by atoms with Gasteiger partial charge in [0.15, 0.2) is 0 Å². The smallest absolute Gasteiger partial charge is 0.249 e. The van der Waals surface area contributed by atoms with Crippen LogP contribution in [0.3, 0.4) is 0 Å². The third-order valence-corrected chi connectivity index (χ3v) is 6.56. The third-order valence-electron chi connectivity index (χ3n) is 6.56. The van der Waals surface area contributed by atoms with Crippen LogP contribution in [0.4, 0.5) is 11.4 Å². The van der Waals surface area contributed by atoms with Gasteiger partial charge in [0, 0.05) is 63.6 Å². The Labute approximate surface area is 173 Å². The van der Waals surface area contributed by atoms with Crippen LogP contribution in [-0.4, -0.2) is 68.6 Å². The Balaban J connectivity index is 1.35. The van der Waals surface area contributed by atoms with E-state index >= 15 is 0 Å². The lowest BCUT2D eigenvalue weighted by Crippen LogP contribution is -2.47. The number of hydrogen-bond acceptors (Lipinski definition) is 6. The van der Waals surface area contributed by atoms with Crippen molar-refractivity contribution < 1.29 is 9.59 Å². The highest BCUT2D eigenvalue weighted by molar-refractivity contribution is 6.01. The van der Waals surface area contributed by atoms with Gasteiger partial charge in [0.05, 0.1) is 0 Å². The Morgan fingerprint density at radius 2 is 1.83 bits per heavy atom. The molecule has 4 rings (SSSR count). The summed E-state index contributed by atoms with van der Waals surface area (Å²) in [5.74, 6) is 0.386. The maximum atomic E-state index is 12.1. The van der Waals surface area contributed by atoms with Crippen molar-refractivity contribution in [3.05, 3.63) is 23.8 Å². The molecule has 0 spiro atoms. The van der Waals surface area contributed by atoms with Gasteiger partial charge in [-0.05, 0) is 49.8 Å². The first-order valence-electron chi connectivity index (χ1n) is 11.0. The number of imide groups is 1. The van der Waals surface area contributed by atoms with Crippen molar-refractivity contribution in [2.45, 2.75) is 38.6 Å². The Morgan fingerprint density at radius 1 is 1.07 bits per heavy atom. The van der Waals surface area contributed by atoms with E-state index in [2.05, 4.69) is 44.8 Å². The van der Waals surface area contributed by atoms with Gasteiger partial charge in [0.2, 0.25) is 11.8 Å². The molecular formula is C22H33N5O2. The van der Waals surface area contributed by atoms with Crippen LogP contribution in [0.15, 0.2) is 18.2 Å². The molecule has 1 aromatic rings. The third kappa shape index (κ3) is 4.90. The second kappa shape index (κ2) is 9.13. The molecule has 1 unspecified atom stereocenters. The van der Waals surface area contributed by atoms with Crippen molar-refractivity contribution in [1.82, 2.24) is 15.5 Å². The topological polar surface area (TPSA) is 76.7 Å². The number of hydrogen-bond donors (Lipinski definition) is 3. The lowest BCUT2D eigenvalue weighted by atomic mass is 9.95. The number of piperazine rings is 1. The highest BCUT2D eigenvalue weighted by Crippen LogP contribution is 2.31. The van der Waals surface area contributed by atoms with Crippen molar-refractivity contribution in [2.24, 2.45) is 5.92 Å². The SMILES string of the molecule is Cc1c(NC2CCC(=O)NC2=O)cccc1N1CCC(CN2CCNCC2)CC1. The molecule has 7 nitrogen and oxygen atoms in total. The minimum Gasteiger partial charge on any atom is -0.373 e. The van der Waals surface area contributed by atoms with E-state index in [0.29, 0.717) is 12.8 Å². The largest absolute Gasteiger partial charge is 0.373 e. The van der Waals surface area contributed by atoms with Crippen LogP contribution in [0.1, 0.15) is 31.2 Å². The van der Waals surface area contributed by atoms with E-state index in [4.69, 9.17) is 0 Å². The van der Waals surface area contributed by atoms with Gasteiger partial charge in [-0.2, -0.15) is 0 Å². The summed E-state index contributed by atoms with van der Waals surface area (Å²) in [6, 6.07) is 5.93. The lowest BCUT2D eigenvalue weighted by molar-refractivity contribution is -0.133. The molecule has 1 atom stereocenters. The van der Waals surface area contributed by atoms with Gasteiger partial charge in [-0.25, -0.2) is 0 Å². The Kier molecular flexibility index (Phi) is 6.35. The molecule has 0 saturated carbocycles. The number of piperidine rings is 2. The molecule has 0 aliphatic carbocycles. The first-order chi connectivity index (χ1) is 14.1. The molecule has 7 heteroatoms. The van der Waals surface area contributed by atoms with Gasteiger partial charge >= 0.3 is 0 Å². The van der Waals surface area contributed by atoms with Gasteiger partial charge in [-0.1, -0.05) is 6.07 Å². The van der Waals surface area contributed by atoms with Crippen molar-refractivity contribution in [3.63, 3.8) is 0 Å². The Bertz CT molecular complexity index is 739. The summed E-state index contributed by atoms with van der Waals surface area (Å²) in [5.41, 5.74) is 3.42. The van der Waals surface area contributed by atoms with Crippen molar-refractivity contribution in [3.8, 4) is 0 Å². The normalized spacial score (nSPS) is 24.4. The predicted molar refractivity (Wildman–Crippen MR) is 115 cm³/mol. The summed E-state index contributed by atoms with van der Waals surface area (Å²) in [6.45, 7) is 10.1. The fraction of sp³-hybridized carbons (Fsp3) is 0.636. The van der Waals surface area contributed by atoms with E-state index in [1.54, 1.807) is 0 Å². The zero-order chi connectivity index (χ0) is 20.2. The Hall–Kier alpha value is -2.12. The number of benzene rings is 1. The van der Waals surface area contributed by atoms with Gasteiger partial charge in [-0.3, -0.25) is 14.9 Å². The van der Waals surface area contributed by atoms with Gasteiger partial charge in [-0.15, -0.1) is 0 Å². The molecule has 1 aromatic carbocycles. The van der Waals surface area contributed by atoms with Crippen molar-refractivity contribution >= 4 is 23.2 Å². The summed E-state index contributed by atoms with van der Waals surface area (Å²) in [4.78, 5) is 28.6. The van der Waals surface area contributed by atoms with E-state index in [1.807, 2.05) is 6.07 Å². The molecular weight excluding hydrogens is 366 g/mol. The maximum Gasteiger partial charge on any atom is 0.249 e. The second-order valence-electron chi connectivity index (χ2n) is 8.58. The minimum absolute atomic E-state index is 0.179. The van der Waals surface area contributed by atoms with E-state index < -0.39 is 0 Å². The Morgan fingerprint density at radius 3 is 2.55 bits per heavy atom. The zero-order valence-electron chi connectivity index (χ0n) is 17.4. The number of carbonyl (C=O) groups is 2. The van der Waals surface area contributed by atoms with E-state index in [0.717, 1.165) is 37.8 Å². The molecule has 29 heavy (non-hydrogen) atoms.